The summed E-state index contributed by atoms with van der Waals surface area (Å²) in [4.78, 5) is 28.3. The molecule has 14 heteroatoms. The molecule has 0 radical (unpaired) electrons. The maximum atomic E-state index is 14.7. The molecule has 2 aliphatic rings. The first-order chi connectivity index (χ1) is 17.5. The Hall–Kier alpha value is -3.52. The fraction of sp³-hybridized carbons (Fsp3) is 0.478. The molecule has 198 valence electrons. The van der Waals surface area contributed by atoms with Crippen LogP contribution in [0.5, 0.6) is 0 Å². The number of hydrogen-bond donors (Lipinski definition) is 3. The highest BCUT2D eigenvalue weighted by atomic mass is 19.4. The number of piperidine rings is 1. The van der Waals surface area contributed by atoms with Gasteiger partial charge in [-0.05, 0) is 31.4 Å². The predicted molar refractivity (Wildman–Crippen MR) is 126 cm³/mol. The highest BCUT2D eigenvalue weighted by Crippen LogP contribution is 2.40. The average Bonchev–Trinajstić information content (AvgIpc) is 3.43. The number of benzene rings is 1. The maximum absolute atomic E-state index is 14.7. The Morgan fingerprint density at radius 3 is 2.73 bits per heavy atom. The first kappa shape index (κ1) is 25.1. The normalized spacial score (nSPS) is 22.7. The predicted octanol–water partition coefficient (Wildman–Crippen LogP) is 1.51. The first-order valence-corrected chi connectivity index (χ1v) is 11.8. The van der Waals surface area contributed by atoms with E-state index in [-0.39, 0.29) is 60.2 Å². The number of hydrogen-bond acceptors (Lipinski definition) is 8. The fourth-order valence-corrected chi connectivity index (χ4v) is 5.22. The van der Waals surface area contributed by atoms with E-state index >= 15 is 0 Å². The molecule has 1 amide bonds. The summed E-state index contributed by atoms with van der Waals surface area (Å²) in [7, 11) is 0. The monoisotopic (exact) mass is 522 g/mol. The Kier molecular flexibility index (Phi) is 6.18. The van der Waals surface area contributed by atoms with E-state index in [4.69, 9.17) is 11.5 Å². The van der Waals surface area contributed by atoms with Crippen LogP contribution in [0, 0.1) is 5.82 Å². The van der Waals surface area contributed by atoms with Crippen molar-refractivity contribution in [3.05, 3.63) is 41.7 Å². The number of aromatic nitrogens is 4. The summed E-state index contributed by atoms with van der Waals surface area (Å²) in [6.45, 7) is 0.335. The van der Waals surface area contributed by atoms with Crippen molar-refractivity contribution < 1.29 is 27.5 Å². The zero-order chi connectivity index (χ0) is 26.5. The minimum Gasteiger partial charge on any atom is -0.391 e. The van der Waals surface area contributed by atoms with Gasteiger partial charge in [0.05, 0.1) is 24.5 Å². The first-order valence-electron chi connectivity index (χ1n) is 11.8. The number of carbonyl (C=O) groups excluding carboxylic acids is 1. The molecule has 0 saturated carbocycles. The SMILES string of the molecule is Nc1ncnc2c1ncn2Cc1c(N2CCC(N)(C(=O)N3CCCC(O)C3)C2)ccc(F)c1C(F)(F)F. The van der Waals surface area contributed by atoms with Crippen LogP contribution in [0.15, 0.2) is 24.8 Å². The standard InChI is InChI=1S/C23H26F4N8O2/c24-15-3-4-16(34-7-5-22(29,10-34)21(37)33-6-1-2-13(36)8-33)14(17(15)23(25,26)27)9-35-12-32-18-19(28)30-11-31-20(18)35/h3-4,11-13,36H,1-2,5-10,29H2,(H2,28,30,31). The smallest absolute Gasteiger partial charge is 0.391 e. The number of halogens is 4. The van der Waals surface area contributed by atoms with Gasteiger partial charge in [-0.1, -0.05) is 0 Å². The van der Waals surface area contributed by atoms with Crippen LogP contribution in [0.25, 0.3) is 11.2 Å². The summed E-state index contributed by atoms with van der Waals surface area (Å²) in [5.41, 5.74) is 9.70. The Morgan fingerprint density at radius 1 is 1.22 bits per heavy atom. The lowest BCUT2D eigenvalue weighted by molar-refractivity contribution is -0.141. The highest BCUT2D eigenvalue weighted by Gasteiger charge is 2.46. The van der Waals surface area contributed by atoms with Crippen molar-refractivity contribution in [2.24, 2.45) is 5.73 Å². The second-order valence-corrected chi connectivity index (χ2v) is 9.60. The molecule has 10 nitrogen and oxygen atoms in total. The van der Waals surface area contributed by atoms with Gasteiger partial charge in [-0.15, -0.1) is 0 Å². The van der Waals surface area contributed by atoms with Crippen molar-refractivity contribution >= 4 is 28.6 Å². The number of anilines is 2. The van der Waals surface area contributed by atoms with Crippen LogP contribution < -0.4 is 16.4 Å². The molecule has 2 saturated heterocycles. The van der Waals surface area contributed by atoms with Crippen molar-refractivity contribution in [2.75, 3.05) is 36.8 Å². The van der Waals surface area contributed by atoms with Crippen molar-refractivity contribution in [2.45, 2.75) is 43.6 Å². The van der Waals surface area contributed by atoms with Gasteiger partial charge in [0.15, 0.2) is 11.5 Å². The number of likely N-dealkylation sites (tertiary alicyclic amines) is 1. The molecule has 2 atom stereocenters. The molecular formula is C23H26F4N8O2. The number of β-amino-alcohol motifs (C(OH)–C–C–N with tert-alkyl or cyclic N) is 1. The van der Waals surface area contributed by atoms with Crippen LogP contribution in [0.4, 0.5) is 29.1 Å². The quantitative estimate of drug-likeness (QED) is 0.438. The van der Waals surface area contributed by atoms with Crippen LogP contribution in [0.3, 0.4) is 0 Å². The Bertz CT molecular complexity index is 1350. The summed E-state index contributed by atoms with van der Waals surface area (Å²) >= 11 is 0. The molecule has 2 unspecified atom stereocenters. The van der Waals surface area contributed by atoms with Gasteiger partial charge in [-0.3, -0.25) is 4.79 Å². The number of alkyl halides is 3. The van der Waals surface area contributed by atoms with Gasteiger partial charge >= 0.3 is 6.18 Å². The van der Waals surface area contributed by atoms with Crippen LogP contribution in [-0.2, 0) is 17.5 Å². The van der Waals surface area contributed by atoms with Crippen LogP contribution >= 0.6 is 0 Å². The third-order valence-corrected chi connectivity index (χ3v) is 7.03. The molecule has 3 aromatic rings. The average molecular weight is 523 g/mol. The van der Waals surface area contributed by atoms with Crippen molar-refractivity contribution in [1.82, 2.24) is 24.4 Å². The number of amides is 1. The number of aliphatic hydroxyl groups excluding tert-OH is 1. The highest BCUT2D eigenvalue weighted by molar-refractivity contribution is 5.88. The number of imidazole rings is 1. The van der Waals surface area contributed by atoms with Crippen molar-refractivity contribution in [1.29, 1.82) is 0 Å². The zero-order valence-electron chi connectivity index (χ0n) is 19.7. The Labute approximate surface area is 208 Å². The molecule has 2 aliphatic heterocycles. The number of aliphatic hydroxyl groups is 1. The molecule has 37 heavy (non-hydrogen) atoms. The summed E-state index contributed by atoms with van der Waals surface area (Å²) in [6.07, 6.45) is -1.78. The van der Waals surface area contributed by atoms with Gasteiger partial charge in [0.1, 0.15) is 23.2 Å². The maximum Gasteiger partial charge on any atom is 0.419 e. The molecule has 1 aromatic carbocycles. The van der Waals surface area contributed by atoms with Gasteiger partial charge in [0, 0.05) is 37.4 Å². The summed E-state index contributed by atoms with van der Waals surface area (Å²) in [5, 5.41) is 9.96. The Morgan fingerprint density at radius 2 is 2.00 bits per heavy atom. The topological polar surface area (TPSA) is 139 Å². The Balaban J connectivity index is 1.52. The van der Waals surface area contributed by atoms with Gasteiger partial charge < -0.3 is 30.9 Å². The van der Waals surface area contributed by atoms with E-state index in [1.807, 2.05) is 0 Å². The molecule has 2 aromatic heterocycles. The van der Waals surface area contributed by atoms with E-state index in [9.17, 15) is 27.5 Å². The van der Waals surface area contributed by atoms with E-state index in [1.54, 1.807) is 4.90 Å². The molecule has 0 spiro atoms. The fourth-order valence-electron chi connectivity index (χ4n) is 5.22. The van der Waals surface area contributed by atoms with Gasteiger partial charge in [-0.25, -0.2) is 19.3 Å². The third kappa shape index (κ3) is 4.55. The minimum atomic E-state index is -4.99. The summed E-state index contributed by atoms with van der Waals surface area (Å²) in [6, 6.07) is 2.04. The van der Waals surface area contributed by atoms with Gasteiger partial charge in [-0.2, -0.15) is 13.2 Å². The molecule has 5 rings (SSSR count). The van der Waals surface area contributed by atoms with E-state index in [1.165, 1.54) is 28.2 Å². The molecule has 4 heterocycles. The molecule has 0 bridgehead atoms. The molecule has 5 N–H and O–H groups in total. The third-order valence-electron chi connectivity index (χ3n) is 7.03. The second-order valence-electron chi connectivity index (χ2n) is 9.60. The summed E-state index contributed by atoms with van der Waals surface area (Å²) < 4.78 is 58.3. The van der Waals surface area contributed by atoms with E-state index in [0.717, 1.165) is 6.07 Å². The van der Waals surface area contributed by atoms with Gasteiger partial charge in [0.2, 0.25) is 5.91 Å². The summed E-state index contributed by atoms with van der Waals surface area (Å²) in [5.74, 6) is -1.71. The van der Waals surface area contributed by atoms with Crippen LogP contribution in [0.2, 0.25) is 0 Å². The van der Waals surface area contributed by atoms with Crippen LogP contribution in [-0.4, -0.2) is 73.3 Å². The molecular weight excluding hydrogens is 496 g/mol. The number of fused-ring (bicyclic) bond motifs is 1. The van der Waals surface area contributed by atoms with Crippen molar-refractivity contribution in [3.8, 4) is 0 Å². The number of rotatable bonds is 4. The largest absolute Gasteiger partial charge is 0.419 e. The zero-order valence-corrected chi connectivity index (χ0v) is 19.7. The van der Waals surface area contributed by atoms with E-state index in [0.29, 0.717) is 19.4 Å². The van der Waals surface area contributed by atoms with E-state index in [2.05, 4.69) is 15.0 Å². The van der Waals surface area contributed by atoms with Crippen molar-refractivity contribution in [3.63, 3.8) is 0 Å². The van der Waals surface area contributed by atoms with Crippen LogP contribution in [0.1, 0.15) is 30.4 Å². The molecule has 2 fully saturated rings. The minimum absolute atomic E-state index is 0.0614. The number of carbonyl (C=O) groups is 1. The second kappa shape index (κ2) is 9.10. The van der Waals surface area contributed by atoms with Gasteiger partial charge in [0.25, 0.3) is 0 Å². The lowest BCUT2D eigenvalue weighted by atomic mass is 9.96. The number of nitrogens with zero attached hydrogens (tertiary/aromatic N) is 6. The molecule has 0 aliphatic carbocycles. The van der Waals surface area contributed by atoms with E-state index < -0.39 is 35.7 Å². The lowest BCUT2D eigenvalue weighted by Crippen LogP contribution is -2.59. The lowest BCUT2D eigenvalue weighted by Gasteiger charge is -2.36. The number of nitrogens with two attached hydrogens (primary N) is 2. The number of nitrogen functional groups attached to an aromatic ring is 1.